The fourth-order valence-electron chi connectivity index (χ4n) is 2.45. The quantitative estimate of drug-likeness (QED) is 0.786. The summed E-state index contributed by atoms with van der Waals surface area (Å²) in [6.07, 6.45) is 5.98. The molecule has 2 aliphatic heterocycles. The molecule has 108 valence electrons. The van der Waals surface area contributed by atoms with E-state index in [9.17, 15) is 4.79 Å². The zero-order valence-electron chi connectivity index (χ0n) is 12.2. The van der Waals surface area contributed by atoms with E-state index in [-0.39, 0.29) is 6.09 Å². The molecule has 0 aromatic rings. The molecule has 0 aromatic heterocycles. The molecule has 0 atom stereocenters. The van der Waals surface area contributed by atoms with Gasteiger partial charge in [-0.25, -0.2) is 4.79 Å². The largest absolute Gasteiger partial charge is 0.443 e. The van der Waals surface area contributed by atoms with Crippen molar-refractivity contribution in [3.05, 3.63) is 12.4 Å². The monoisotopic (exact) mass is 267 g/mol. The number of rotatable bonds is 1. The van der Waals surface area contributed by atoms with E-state index < -0.39 is 5.60 Å². The number of amides is 1. The number of carbonyl (C=O) groups is 1. The van der Waals surface area contributed by atoms with Crippen LogP contribution in [0, 0.1) is 0 Å². The molecule has 0 aliphatic carbocycles. The first-order chi connectivity index (χ1) is 8.96. The maximum Gasteiger partial charge on any atom is 0.414 e. The smallest absolute Gasteiger partial charge is 0.414 e. The van der Waals surface area contributed by atoms with Crippen LogP contribution in [0.2, 0.25) is 0 Å². The van der Waals surface area contributed by atoms with Gasteiger partial charge in [0.25, 0.3) is 0 Å². The molecule has 2 heterocycles. The minimum atomic E-state index is -0.433. The highest BCUT2D eigenvalue weighted by molar-refractivity contribution is 5.69. The zero-order valence-corrected chi connectivity index (χ0v) is 12.2. The van der Waals surface area contributed by atoms with Crippen LogP contribution in [0.4, 0.5) is 4.79 Å². The lowest BCUT2D eigenvalue weighted by molar-refractivity contribution is 0.0295. The maximum atomic E-state index is 11.9. The van der Waals surface area contributed by atoms with Crippen molar-refractivity contribution < 1.29 is 9.53 Å². The second-order valence-corrected chi connectivity index (χ2v) is 6.19. The predicted molar refractivity (Wildman–Crippen MR) is 74.7 cm³/mol. The third-order valence-electron chi connectivity index (χ3n) is 3.44. The van der Waals surface area contributed by atoms with Crippen LogP contribution in [0.25, 0.3) is 0 Å². The molecule has 0 saturated carbocycles. The van der Waals surface area contributed by atoms with Gasteiger partial charge in [0, 0.05) is 31.5 Å². The Bertz CT molecular complexity index is 343. The van der Waals surface area contributed by atoms with Crippen molar-refractivity contribution >= 4 is 6.09 Å². The first-order valence-corrected chi connectivity index (χ1v) is 7.10. The highest BCUT2D eigenvalue weighted by Gasteiger charge is 2.25. The van der Waals surface area contributed by atoms with Gasteiger partial charge in [0.05, 0.1) is 0 Å². The summed E-state index contributed by atoms with van der Waals surface area (Å²) in [5.74, 6) is 0. The number of hydrogen-bond acceptors (Lipinski definition) is 4. The van der Waals surface area contributed by atoms with Crippen LogP contribution in [0.3, 0.4) is 0 Å². The predicted octanol–water partition coefficient (Wildman–Crippen LogP) is 1.76. The average molecular weight is 267 g/mol. The van der Waals surface area contributed by atoms with E-state index in [1.165, 1.54) is 12.8 Å². The van der Waals surface area contributed by atoms with Crippen molar-refractivity contribution in [3.63, 3.8) is 0 Å². The summed E-state index contributed by atoms with van der Waals surface area (Å²) in [7, 11) is 0. The summed E-state index contributed by atoms with van der Waals surface area (Å²) in [4.78, 5) is 15.9. The van der Waals surface area contributed by atoms with E-state index in [0.29, 0.717) is 12.6 Å². The van der Waals surface area contributed by atoms with Crippen molar-refractivity contribution in [2.75, 3.05) is 26.2 Å². The molecule has 5 nitrogen and oxygen atoms in total. The minimum Gasteiger partial charge on any atom is -0.443 e. The Kier molecular flexibility index (Phi) is 4.34. The molecule has 1 amide bonds. The summed E-state index contributed by atoms with van der Waals surface area (Å²) >= 11 is 0. The number of carbonyl (C=O) groups excluding carboxylic acids is 1. The van der Waals surface area contributed by atoms with Gasteiger partial charge in [0.15, 0.2) is 0 Å². The van der Waals surface area contributed by atoms with Crippen molar-refractivity contribution in [3.8, 4) is 0 Å². The highest BCUT2D eigenvalue weighted by atomic mass is 16.6. The van der Waals surface area contributed by atoms with Gasteiger partial charge in [0.2, 0.25) is 0 Å². The summed E-state index contributed by atoms with van der Waals surface area (Å²) < 4.78 is 5.37. The summed E-state index contributed by atoms with van der Waals surface area (Å²) in [5.41, 5.74) is -0.433. The molecule has 1 saturated heterocycles. The van der Waals surface area contributed by atoms with Crippen LogP contribution in [0.5, 0.6) is 0 Å². The van der Waals surface area contributed by atoms with Gasteiger partial charge in [-0.3, -0.25) is 4.90 Å². The molecule has 0 radical (unpaired) electrons. The van der Waals surface area contributed by atoms with Crippen LogP contribution in [-0.2, 0) is 4.74 Å². The Morgan fingerprint density at radius 3 is 2.42 bits per heavy atom. The zero-order chi connectivity index (χ0) is 13.9. The number of piperidine rings is 1. The number of nitrogens with zero attached hydrogens (tertiary/aromatic N) is 2. The molecular weight excluding hydrogens is 242 g/mol. The van der Waals surface area contributed by atoms with Gasteiger partial charge in [-0.1, -0.05) is 0 Å². The molecular formula is C14H25N3O2. The molecule has 0 unspecified atom stereocenters. The minimum absolute atomic E-state index is 0.256. The molecule has 2 aliphatic rings. The molecule has 19 heavy (non-hydrogen) atoms. The summed E-state index contributed by atoms with van der Waals surface area (Å²) in [6, 6.07) is 0.610. The number of ether oxygens (including phenoxy) is 1. The highest BCUT2D eigenvalue weighted by Crippen LogP contribution is 2.17. The second kappa shape index (κ2) is 5.82. The molecule has 5 heteroatoms. The first-order valence-electron chi connectivity index (χ1n) is 7.10. The van der Waals surface area contributed by atoms with E-state index in [0.717, 1.165) is 19.6 Å². The first kappa shape index (κ1) is 14.2. The lowest BCUT2D eigenvalue weighted by atomic mass is 10.0. The molecule has 1 fully saturated rings. The maximum absolute atomic E-state index is 11.9. The van der Waals surface area contributed by atoms with Crippen molar-refractivity contribution in [2.45, 2.75) is 45.3 Å². The third kappa shape index (κ3) is 4.13. The Balaban J connectivity index is 1.86. The molecule has 0 bridgehead atoms. The molecule has 0 aromatic carbocycles. The van der Waals surface area contributed by atoms with Crippen molar-refractivity contribution in [1.29, 1.82) is 0 Å². The van der Waals surface area contributed by atoms with E-state index in [4.69, 9.17) is 4.74 Å². The Labute approximate surface area is 115 Å². The summed E-state index contributed by atoms with van der Waals surface area (Å²) in [6.45, 7) is 9.44. The SMILES string of the molecule is CC(C)(C)OC(=O)N1C=CN(C2CCNCC2)CC1. The van der Waals surface area contributed by atoms with Gasteiger partial charge < -0.3 is 15.0 Å². The normalized spacial score (nSPS) is 21.6. The topological polar surface area (TPSA) is 44.8 Å². The molecule has 2 rings (SSSR count). The Hall–Kier alpha value is -1.23. The van der Waals surface area contributed by atoms with Crippen LogP contribution in [0.1, 0.15) is 33.6 Å². The van der Waals surface area contributed by atoms with E-state index in [2.05, 4.69) is 10.2 Å². The fourth-order valence-corrected chi connectivity index (χ4v) is 2.45. The Morgan fingerprint density at radius 1 is 1.21 bits per heavy atom. The molecule has 1 N–H and O–H groups in total. The van der Waals surface area contributed by atoms with Gasteiger partial charge in [-0.05, 0) is 46.7 Å². The van der Waals surface area contributed by atoms with Crippen molar-refractivity contribution in [1.82, 2.24) is 15.1 Å². The van der Waals surface area contributed by atoms with Crippen LogP contribution in [-0.4, -0.2) is 53.7 Å². The third-order valence-corrected chi connectivity index (χ3v) is 3.44. The van der Waals surface area contributed by atoms with Crippen molar-refractivity contribution in [2.24, 2.45) is 0 Å². The van der Waals surface area contributed by atoms with E-state index >= 15 is 0 Å². The van der Waals surface area contributed by atoms with Gasteiger partial charge >= 0.3 is 6.09 Å². The van der Waals surface area contributed by atoms with Crippen LogP contribution < -0.4 is 5.32 Å². The van der Waals surface area contributed by atoms with Gasteiger partial charge in [0.1, 0.15) is 5.60 Å². The van der Waals surface area contributed by atoms with Crippen LogP contribution in [0.15, 0.2) is 12.4 Å². The molecule has 0 spiro atoms. The van der Waals surface area contributed by atoms with Crippen LogP contribution >= 0.6 is 0 Å². The summed E-state index contributed by atoms with van der Waals surface area (Å²) in [5, 5.41) is 3.37. The number of nitrogens with one attached hydrogen (secondary N) is 1. The number of hydrogen-bond donors (Lipinski definition) is 1. The average Bonchev–Trinajstić information content (AvgIpc) is 2.38. The van der Waals surface area contributed by atoms with E-state index in [1.807, 2.05) is 33.2 Å². The lowest BCUT2D eigenvalue weighted by Gasteiger charge is -2.38. The van der Waals surface area contributed by atoms with Gasteiger partial charge in [-0.2, -0.15) is 0 Å². The Morgan fingerprint density at radius 2 is 1.89 bits per heavy atom. The second-order valence-electron chi connectivity index (χ2n) is 6.19. The fraction of sp³-hybridized carbons (Fsp3) is 0.786. The van der Waals surface area contributed by atoms with E-state index in [1.54, 1.807) is 4.90 Å². The lowest BCUT2D eigenvalue weighted by Crippen LogP contribution is -2.47. The van der Waals surface area contributed by atoms with Gasteiger partial charge in [-0.15, -0.1) is 0 Å². The standard InChI is InChI=1S/C14H25N3O2/c1-14(2,3)19-13(18)17-10-8-16(9-11-17)12-4-6-15-7-5-12/h8,10,12,15H,4-7,9,11H2,1-3H3.